The summed E-state index contributed by atoms with van der Waals surface area (Å²) in [5.74, 6) is -0.902. The van der Waals surface area contributed by atoms with Gasteiger partial charge < -0.3 is 5.73 Å². The molecule has 0 unspecified atom stereocenters. The Kier molecular flexibility index (Phi) is 4.20. The van der Waals surface area contributed by atoms with Gasteiger partial charge in [-0.05, 0) is 19.1 Å². The second-order valence-electron chi connectivity index (χ2n) is 4.67. The number of hydrogen-bond donors (Lipinski definition) is 1. The fourth-order valence-corrected chi connectivity index (χ4v) is 3.29. The molecule has 0 spiro atoms. The van der Waals surface area contributed by atoms with E-state index in [-0.39, 0.29) is 22.8 Å². The standard InChI is InChI=1S/C15H16FNO2S/c1-11-5-7-14(8-6-11)20(18,19)10-13-4-2-3-12(9-17)15(13)16/h2-8H,9-10,17H2,1H3. The van der Waals surface area contributed by atoms with Crippen molar-refractivity contribution in [2.24, 2.45) is 5.73 Å². The Morgan fingerprint density at radius 1 is 1.05 bits per heavy atom. The topological polar surface area (TPSA) is 60.2 Å². The molecule has 0 bridgehead atoms. The van der Waals surface area contributed by atoms with Gasteiger partial charge in [0.15, 0.2) is 9.84 Å². The lowest BCUT2D eigenvalue weighted by atomic mass is 10.1. The van der Waals surface area contributed by atoms with E-state index >= 15 is 0 Å². The van der Waals surface area contributed by atoms with Crippen molar-refractivity contribution in [3.63, 3.8) is 0 Å². The molecule has 0 aliphatic carbocycles. The van der Waals surface area contributed by atoms with Crippen LogP contribution in [-0.4, -0.2) is 8.42 Å². The lowest BCUT2D eigenvalue weighted by molar-refractivity contribution is 0.582. The Hall–Kier alpha value is -1.72. The smallest absolute Gasteiger partial charge is 0.182 e. The Balaban J connectivity index is 2.36. The Morgan fingerprint density at radius 3 is 2.25 bits per heavy atom. The molecule has 106 valence electrons. The first-order valence-electron chi connectivity index (χ1n) is 6.20. The van der Waals surface area contributed by atoms with Crippen LogP contribution in [0, 0.1) is 12.7 Å². The van der Waals surface area contributed by atoms with E-state index in [9.17, 15) is 12.8 Å². The third kappa shape index (κ3) is 3.05. The molecule has 5 heteroatoms. The fourth-order valence-electron chi connectivity index (χ4n) is 1.94. The van der Waals surface area contributed by atoms with Crippen molar-refractivity contribution >= 4 is 9.84 Å². The third-order valence-corrected chi connectivity index (χ3v) is 4.79. The van der Waals surface area contributed by atoms with Gasteiger partial charge in [0.25, 0.3) is 0 Å². The molecule has 0 amide bonds. The molecule has 2 N–H and O–H groups in total. The molecule has 0 radical (unpaired) electrons. The second-order valence-corrected chi connectivity index (χ2v) is 6.66. The molecule has 0 aliphatic rings. The van der Waals surface area contributed by atoms with Crippen LogP contribution >= 0.6 is 0 Å². The molecule has 2 aromatic carbocycles. The zero-order valence-electron chi connectivity index (χ0n) is 11.1. The van der Waals surface area contributed by atoms with E-state index in [0.717, 1.165) is 5.56 Å². The summed E-state index contributed by atoms with van der Waals surface area (Å²) >= 11 is 0. The van der Waals surface area contributed by atoms with Gasteiger partial charge in [-0.3, -0.25) is 0 Å². The molecule has 0 saturated heterocycles. The average Bonchev–Trinajstić information content (AvgIpc) is 2.41. The number of sulfone groups is 1. The number of aryl methyl sites for hydroxylation is 1. The summed E-state index contributed by atoms with van der Waals surface area (Å²) in [5, 5.41) is 0. The summed E-state index contributed by atoms with van der Waals surface area (Å²) in [6.45, 7) is 1.92. The minimum atomic E-state index is -3.56. The van der Waals surface area contributed by atoms with Gasteiger partial charge in [-0.2, -0.15) is 0 Å². The van der Waals surface area contributed by atoms with Gasteiger partial charge in [-0.25, -0.2) is 12.8 Å². The van der Waals surface area contributed by atoms with Crippen molar-refractivity contribution in [1.29, 1.82) is 0 Å². The van der Waals surface area contributed by atoms with E-state index in [0.29, 0.717) is 5.56 Å². The van der Waals surface area contributed by atoms with Crippen LogP contribution in [0.3, 0.4) is 0 Å². The molecule has 0 aromatic heterocycles. The summed E-state index contributed by atoms with van der Waals surface area (Å²) in [5.41, 5.74) is 6.86. The van der Waals surface area contributed by atoms with Crippen LogP contribution < -0.4 is 5.73 Å². The third-order valence-electron chi connectivity index (χ3n) is 3.10. The van der Waals surface area contributed by atoms with E-state index in [1.165, 1.54) is 18.2 Å². The maximum atomic E-state index is 14.0. The normalized spacial score (nSPS) is 11.6. The van der Waals surface area contributed by atoms with Crippen LogP contribution in [-0.2, 0) is 22.1 Å². The summed E-state index contributed by atoms with van der Waals surface area (Å²) in [6, 6.07) is 11.2. The molecule has 0 saturated carbocycles. The molecule has 0 aliphatic heterocycles. The highest BCUT2D eigenvalue weighted by Gasteiger charge is 2.18. The zero-order chi connectivity index (χ0) is 14.8. The predicted molar refractivity (Wildman–Crippen MR) is 76.4 cm³/mol. The largest absolute Gasteiger partial charge is 0.326 e. The van der Waals surface area contributed by atoms with Crippen LogP contribution in [0.25, 0.3) is 0 Å². The van der Waals surface area contributed by atoms with Gasteiger partial charge in [-0.15, -0.1) is 0 Å². The minimum Gasteiger partial charge on any atom is -0.326 e. The summed E-state index contributed by atoms with van der Waals surface area (Å²) in [4.78, 5) is 0.195. The maximum Gasteiger partial charge on any atom is 0.182 e. The SMILES string of the molecule is Cc1ccc(S(=O)(=O)Cc2cccc(CN)c2F)cc1. The van der Waals surface area contributed by atoms with Gasteiger partial charge in [0.05, 0.1) is 10.6 Å². The van der Waals surface area contributed by atoms with E-state index in [1.807, 2.05) is 6.92 Å². The van der Waals surface area contributed by atoms with Gasteiger partial charge in [0.1, 0.15) is 5.82 Å². The molecule has 0 heterocycles. The number of benzene rings is 2. The second kappa shape index (κ2) is 5.73. The molecule has 2 aromatic rings. The lowest BCUT2D eigenvalue weighted by Gasteiger charge is -2.08. The first-order valence-corrected chi connectivity index (χ1v) is 7.85. The van der Waals surface area contributed by atoms with E-state index in [2.05, 4.69) is 0 Å². The quantitative estimate of drug-likeness (QED) is 0.942. The van der Waals surface area contributed by atoms with E-state index < -0.39 is 15.7 Å². The maximum absolute atomic E-state index is 14.0. The van der Waals surface area contributed by atoms with E-state index in [4.69, 9.17) is 5.73 Å². The fraction of sp³-hybridized carbons (Fsp3) is 0.200. The van der Waals surface area contributed by atoms with Crippen LogP contribution in [0.5, 0.6) is 0 Å². The number of nitrogens with two attached hydrogens (primary N) is 1. The molecular formula is C15H16FNO2S. The summed E-state index contributed by atoms with van der Waals surface area (Å²) in [7, 11) is -3.56. The number of hydrogen-bond acceptors (Lipinski definition) is 3. The summed E-state index contributed by atoms with van der Waals surface area (Å²) in [6.07, 6.45) is 0. The predicted octanol–water partition coefficient (Wildman–Crippen LogP) is 2.57. The molecule has 20 heavy (non-hydrogen) atoms. The highest BCUT2D eigenvalue weighted by atomic mass is 32.2. The minimum absolute atomic E-state index is 0.0459. The first kappa shape index (κ1) is 14.7. The van der Waals surface area contributed by atoms with Crippen molar-refractivity contribution in [2.75, 3.05) is 0 Å². The molecule has 2 rings (SSSR count). The van der Waals surface area contributed by atoms with Crippen molar-refractivity contribution < 1.29 is 12.8 Å². The highest BCUT2D eigenvalue weighted by Crippen LogP contribution is 2.20. The van der Waals surface area contributed by atoms with Gasteiger partial charge in [-0.1, -0.05) is 35.9 Å². The summed E-state index contributed by atoms with van der Waals surface area (Å²) < 4.78 is 38.6. The Bertz CT molecular complexity index is 709. The number of halogens is 1. The zero-order valence-corrected chi connectivity index (χ0v) is 12.0. The molecular weight excluding hydrogens is 277 g/mol. The van der Waals surface area contributed by atoms with Crippen LogP contribution in [0.4, 0.5) is 4.39 Å². The lowest BCUT2D eigenvalue weighted by Crippen LogP contribution is -2.09. The average molecular weight is 293 g/mol. The van der Waals surface area contributed by atoms with Crippen molar-refractivity contribution in [1.82, 2.24) is 0 Å². The Morgan fingerprint density at radius 2 is 1.65 bits per heavy atom. The van der Waals surface area contributed by atoms with Gasteiger partial charge in [0.2, 0.25) is 0 Å². The number of rotatable bonds is 4. The Labute approximate surface area is 118 Å². The van der Waals surface area contributed by atoms with Gasteiger partial charge >= 0.3 is 0 Å². The molecule has 0 atom stereocenters. The van der Waals surface area contributed by atoms with Crippen LogP contribution in [0.1, 0.15) is 16.7 Å². The van der Waals surface area contributed by atoms with Crippen molar-refractivity contribution in [3.05, 3.63) is 65.0 Å². The van der Waals surface area contributed by atoms with Gasteiger partial charge in [0, 0.05) is 17.7 Å². The van der Waals surface area contributed by atoms with Crippen LogP contribution in [0.2, 0.25) is 0 Å². The van der Waals surface area contributed by atoms with Crippen LogP contribution in [0.15, 0.2) is 47.4 Å². The molecule has 3 nitrogen and oxygen atoms in total. The first-order chi connectivity index (χ1) is 9.44. The van der Waals surface area contributed by atoms with Crippen molar-refractivity contribution in [3.8, 4) is 0 Å². The highest BCUT2D eigenvalue weighted by molar-refractivity contribution is 7.90. The molecule has 0 fully saturated rings. The van der Waals surface area contributed by atoms with Crippen molar-refractivity contribution in [2.45, 2.75) is 24.1 Å². The van der Waals surface area contributed by atoms with E-state index in [1.54, 1.807) is 24.3 Å². The monoisotopic (exact) mass is 293 g/mol.